The van der Waals surface area contributed by atoms with Crippen molar-refractivity contribution < 1.29 is 4.79 Å². The summed E-state index contributed by atoms with van der Waals surface area (Å²) in [5.41, 5.74) is 1.17. The zero-order valence-electron chi connectivity index (χ0n) is 9.37. The number of halogens is 1. The van der Waals surface area contributed by atoms with Crippen LogP contribution in [-0.4, -0.2) is 18.9 Å². The molecule has 1 heterocycles. The van der Waals surface area contributed by atoms with E-state index < -0.39 is 0 Å². The van der Waals surface area contributed by atoms with Gasteiger partial charge in [-0.05, 0) is 37.1 Å². The first kappa shape index (κ1) is 11.8. The summed E-state index contributed by atoms with van der Waals surface area (Å²) >= 11 is 3.43. The lowest BCUT2D eigenvalue weighted by atomic mass is 9.71. The maximum atomic E-state index is 11.1. The highest BCUT2D eigenvalue weighted by atomic mass is 79.9. The van der Waals surface area contributed by atoms with Crippen LogP contribution >= 0.6 is 15.9 Å². The summed E-state index contributed by atoms with van der Waals surface area (Å²) in [5, 5.41) is 3.29. The van der Waals surface area contributed by atoms with E-state index in [0.29, 0.717) is 0 Å². The lowest BCUT2D eigenvalue weighted by Gasteiger charge is -2.39. The van der Waals surface area contributed by atoms with Crippen LogP contribution in [0.15, 0.2) is 28.7 Å². The molecule has 2 rings (SSSR count). The molecule has 0 amide bonds. The Morgan fingerprint density at radius 3 is 2.75 bits per heavy atom. The fourth-order valence-corrected chi connectivity index (χ4v) is 2.71. The Morgan fingerprint density at radius 2 is 2.12 bits per heavy atom. The summed E-state index contributed by atoms with van der Waals surface area (Å²) in [6.07, 6.45) is 3.23. The molecule has 86 valence electrons. The van der Waals surface area contributed by atoms with Crippen LogP contribution < -0.4 is 5.32 Å². The van der Waals surface area contributed by atoms with Crippen molar-refractivity contribution in [2.75, 3.05) is 6.54 Å². The molecule has 2 unspecified atom stereocenters. The number of hydrogen-bond acceptors (Lipinski definition) is 2. The molecule has 0 aliphatic carbocycles. The summed E-state index contributed by atoms with van der Waals surface area (Å²) in [4.78, 5) is 11.1. The van der Waals surface area contributed by atoms with Crippen molar-refractivity contribution in [2.24, 2.45) is 0 Å². The minimum absolute atomic E-state index is 0.0672. The molecular formula is C13H16BrNO. The van der Waals surface area contributed by atoms with E-state index in [2.05, 4.69) is 40.3 Å². The second-order valence-electron chi connectivity index (χ2n) is 4.60. The van der Waals surface area contributed by atoms with Crippen LogP contribution in [0.2, 0.25) is 0 Å². The Labute approximate surface area is 105 Å². The monoisotopic (exact) mass is 281 g/mol. The van der Waals surface area contributed by atoms with E-state index >= 15 is 0 Å². The topological polar surface area (TPSA) is 29.1 Å². The first-order valence-electron chi connectivity index (χ1n) is 5.61. The van der Waals surface area contributed by atoms with E-state index in [9.17, 15) is 4.79 Å². The molecule has 1 aromatic rings. The van der Waals surface area contributed by atoms with Crippen molar-refractivity contribution in [1.29, 1.82) is 0 Å². The number of benzene rings is 1. The van der Waals surface area contributed by atoms with Gasteiger partial charge in [0.15, 0.2) is 0 Å². The number of carbonyl (C=O) groups is 1. The van der Waals surface area contributed by atoms with Crippen molar-refractivity contribution in [1.82, 2.24) is 5.32 Å². The standard InChI is InChI=1S/C13H16BrNO/c1-13(7-2-8-15-12(13)9-16)10-3-5-11(14)6-4-10/h3-6,9,12,15H,2,7-8H2,1H3. The van der Waals surface area contributed by atoms with Gasteiger partial charge in [0.1, 0.15) is 6.29 Å². The van der Waals surface area contributed by atoms with Crippen molar-refractivity contribution in [3.8, 4) is 0 Å². The van der Waals surface area contributed by atoms with Gasteiger partial charge in [-0.25, -0.2) is 0 Å². The molecule has 0 saturated carbocycles. The number of rotatable bonds is 2. The van der Waals surface area contributed by atoms with Crippen LogP contribution in [0.25, 0.3) is 0 Å². The van der Waals surface area contributed by atoms with Crippen LogP contribution in [0.5, 0.6) is 0 Å². The zero-order valence-corrected chi connectivity index (χ0v) is 11.0. The third-order valence-corrected chi connectivity index (χ3v) is 4.09. The molecule has 2 atom stereocenters. The number of nitrogens with one attached hydrogen (secondary N) is 1. The minimum Gasteiger partial charge on any atom is -0.307 e. The Bertz CT molecular complexity index is 376. The third kappa shape index (κ3) is 2.06. The maximum Gasteiger partial charge on any atom is 0.137 e. The average molecular weight is 282 g/mol. The van der Waals surface area contributed by atoms with Crippen molar-refractivity contribution in [3.05, 3.63) is 34.3 Å². The highest BCUT2D eigenvalue weighted by Crippen LogP contribution is 2.34. The third-order valence-electron chi connectivity index (χ3n) is 3.56. The predicted octanol–water partition coefficient (Wildman–Crippen LogP) is 2.66. The van der Waals surface area contributed by atoms with Gasteiger partial charge >= 0.3 is 0 Å². The van der Waals surface area contributed by atoms with Crippen LogP contribution in [0.1, 0.15) is 25.3 Å². The smallest absolute Gasteiger partial charge is 0.137 e. The molecule has 1 saturated heterocycles. The first-order valence-corrected chi connectivity index (χ1v) is 6.41. The Morgan fingerprint density at radius 1 is 1.44 bits per heavy atom. The van der Waals surface area contributed by atoms with E-state index in [1.165, 1.54) is 5.56 Å². The first-order chi connectivity index (χ1) is 7.66. The molecule has 0 bridgehead atoms. The number of carbonyl (C=O) groups excluding carboxylic acids is 1. The summed E-state index contributed by atoms with van der Waals surface area (Å²) in [5.74, 6) is 0. The minimum atomic E-state index is -0.0688. The van der Waals surface area contributed by atoms with Gasteiger partial charge in [-0.2, -0.15) is 0 Å². The van der Waals surface area contributed by atoms with E-state index in [1.54, 1.807) is 0 Å². The second kappa shape index (κ2) is 4.68. The van der Waals surface area contributed by atoms with E-state index in [-0.39, 0.29) is 11.5 Å². The van der Waals surface area contributed by atoms with Crippen molar-refractivity contribution in [3.63, 3.8) is 0 Å². The lowest BCUT2D eigenvalue weighted by Crippen LogP contribution is -2.52. The van der Waals surface area contributed by atoms with Gasteiger partial charge < -0.3 is 10.1 Å². The number of aldehydes is 1. The molecule has 0 radical (unpaired) electrons. The van der Waals surface area contributed by atoms with Crippen LogP contribution in [0.3, 0.4) is 0 Å². The fraction of sp³-hybridized carbons (Fsp3) is 0.462. The summed E-state index contributed by atoms with van der Waals surface area (Å²) in [6.45, 7) is 3.11. The Balaban J connectivity index is 2.34. The second-order valence-corrected chi connectivity index (χ2v) is 5.51. The number of hydrogen-bond donors (Lipinski definition) is 1. The summed E-state index contributed by atoms with van der Waals surface area (Å²) in [7, 11) is 0. The Hall–Kier alpha value is -0.670. The zero-order chi connectivity index (χ0) is 11.6. The molecule has 1 aromatic carbocycles. The van der Waals surface area contributed by atoms with E-state index in [4.69, 9.17) is 0 Å². The molecule has 0 spiro atoms. The molecule has 2 nitrogen and oxygen atoms in total. The summed E-state index contributed by atoms with van der Waals surface area (Å²) in [6, 6.07) is 8.22. The highest BCUT2D eigenvalue weighted by molar-refractivity contribution is 9.10. The SMILES string of the molecule is CC1(c2ccc(Br)cc2)CCCNC1C=O. The molecule has 16 heavy (non-hydrogen) atoms. The van der Waals surface area contributed by atoms with E-state index in [0.717, 1.165) is 30.1 Å². The molecule has 1 fully saturated rings. The van der Waals surface area contributed by atoms with Crippen LogP contribution in [-0.2, 0) is 10.2 Å². The highest BCUT2D eigenvalue weighted by Gasteiger charge is 2.37. The normalized spacial score (nSPS) is 30.0. The molecular weight excluding hydrogens is 266 g/mol. The number of piperidine rings is 1. The van der Waals surface area contributed by atoms with Crippen LogP contribution in [0.4, 0.5) is 0 Å². The fourth-order valence-electron chi connectivity index (χ4n) is 2.45. The van der Waals surface area contributed by atoms with Gasteiger partial charge in [0.2, 0.25) is 0 Å². The lowest BCUT2D eigenvalue weighted by molar-refractivity contribution is -0.111. The van der Waals surface area contributed by atoms with E-state index in [1.807, 2.05) is 12.1 Å². The molecule has 1 N–H and O–H groups in total. The average Bonchev–Trinajstić information content (AvgIpc) is 2.30. The maximum absolute atomic E-state index is 11.1. The predicted molar refractivity (Wildman–Crippen MR) is 68.6 cm³/mol. The molecule has 3 heteroatoms. The molecule has 0 aromatic heterocycles. The van der Waals surface area contributed by atoms with Gasteiger partial charge in [0.25, 0.3) is 0 Å². The Kier molecular flexibility index (Phi) is 3.45. The van der Waals surface area contributed by atoms with Gasteiger partial charge in [-0.3, -0.25) is 0 Å². The van der Waals surface area contributed by atoms with Gasteiger partial charge in [-0.15, -0.1) is 0 Å². The van der Waals surface area contributed by atoms with Gasteiger partial charge in [0, 0.05) is 9.89 Å². The van der Waals surface area contributed by atoms with Crippen LogP contribution in [0, 0.1) is 0 Å². The quantitative estimate of drug-likeness (QED) is 0.845. The molecule has 1 aliphatic heterocycles. The van der Waals surface area contributed by atoms with Gasteiger partial charge in [-0.1, -0.05) is 35.0 Å². The summed E-state index contributed by atoms with van der Waals surface area (Å²) < 4.78 is 1.08. The largest absolute Gasteiger partial charge is 0.307 e. The van der Waals surface area contributed by atoms with Crippen molar-refractivity contribution in [2.45, 2.75) is 31.2 Å². The van der Waals surface area contributed by atoms with Crippen molar-refractivity contribution >= 4 is 22.2 Å². The van der Waals surface area contributed by atoms with Gasteiger partial charge in [0.05, 0.1) is 6.04 Å². The molecule has 1 aliphatic rings.